The number of nitrogens with zero attached hydrogens (tertiary/aromatic N) is 1. The van der Waals surface area contributed by atoms with Gasteiger partial charge in [0.2, 0.25) is 0 Å². The fraction of sp³-hybridized carbons (Fsp3) is 0.667. The van der Waals surface area contributed by atoms with Gasteiger partial charge < -0.3 is 10.2 Å². The highest BCUT2D eigenvalue weighted by Crippen LogP contribution is 2.38. The number of fused-ring (bicyclic) bond motifs is 1. The molecular weight excluding hydrogens is 280 g/mol. The zero-order valence-corrected chi connectivity index (χ0v) is 13.8. The summed E-state index contributed by atoms with van der Waals surface area (Å²) in [5, 5.41) is 4.49. The minimum atomic E-state index is 0.379. The van der Waals surface area contributed by atoms with E-state index in [-0.39, 0.29) is 0 Å². The van der Waals surface area contributed by atoms with Gasteiger partial charge >= 0.3 is 0 Å². The smallest absolute Gasteiger partial charge is 0.0453 e. The van der Waals surface area contributed by atoms with Crippen LogP contribution < -0.4 is 5.32 Å². The molecule has 1 saturated carbocycles. The van der Waals surface area contributed by atoms with Crippen molar-refractivity contribution in [3.8, 4) is 0 Å². The number of rotatable bonds is 6. The lowest BCUT2D eigenvalue weighted by molar-refractivity contribution is 0.289. The Balaban J connectivity index is 1.57. The molecule has 2 fully saturated rings. The molecule has 0 aromatic heterocycles. The first-order chi connectivity index (χ1) is 10.3. The van der Waals surface area contributed by atoms with Gasteiger partial charge in [0.15, 0.2) is 0 Å². The van der Waals surface area contributed by atoms with E-state index in [2.05, 4.69) is 29.3 Å². The van der Waals surface area contributed by atoms with E-state index >= 15 is 0 Å². The molecule has 3 rings (SSSR count). The number of hydrogen-bond acceptors (Lipinski definition) is 2. The normalized spacial score (nSPS) is 27.0. The molecule has 3 heteroatoms. The van der Waals surface area contributed by atoms with Crippen molar-refractivity contribution in [3.63, 3.8) is 0 Å². The van der Waals surface area contributed by atoms with Crippen LogP contribution in [0.15, 0.2) is 24.3 Å². The molecule has 0 radical (unpaired) electrons. The predicted octanol–water partition coefficient (Wildman–Crippen LogP) is 4.11. The van der Waals surface area contributed by atoms with Gasteiger partial charge in [-0.05, 0) is 55.8 Å². The summed E-state index contributed by atoms with van der Waals surface area (Å²) < 4.78 is 0. The van der Waals surface area contributed by atoms with Crippen LogP contribution in [0.5, 0.6) is 0 Å². The molecule has 3 unspecified atom stereocenters. The second-order valence-corrected chi connectivity index (χ2v) is 7.04. The van der Waals surface area contributed by atoms with Gasteiger partial charge in [-0.2, -0.15) is 0 Å². The van der Waals surface area contributed by atoms with E-state index in [0.717, 1.165) is 29.8 Å². The molecule has 3 atom stereocenters. The van der Waals surface area contributed by atoms with E-state index in [9.17, 15) is 0 Å². The highest BCUT2D eigenvalue weighted by atomic mass is 35.5. The summed E-state index contributed by atoms with van der Waals surface area (Å²) in [6, 6.07) is 8.64. The molecule has 2 nitrogen and oxygen atoms in total. The van der Waals surface area contributed by atoms with E-state index in [0.29, 0.717) is 6.04 Å². The number of nitrogens with one attached hydrogen (secondary N) is 1. The monoisotopic (exact) mass is 306 g/mol. The lowest BCUT2D eigenvalue weighted by atomic mass is 10.0. The van der Waals surface area contributed by atoms with Crippen molar-refractivity contribution in [2.75, 3.05) is 26.2 Å². The van der Waals surface area contributed by atoms with Gasteiger partial charge in [-0.3, -0.25) is 0 Å². The predicted molar refractivity (Wildman–Crippen MR) is 89.8 cm³/mol. The SMILES string of the molecule is CCNC(CCN1CC2CCCC2C1)c1ccccc1Cl. The van der Waals surface area contributed by atoms with Gasteiger partial charge in [-0.25, -0.2) is 0 Å². The fourth-order valence-corrected chi connectivity index (χ4v) is 4.47. The first kappa shape index (κ1) is 15.3. The molecule has 0 bridgehead atoms. The third kappa shape index (κ3) is 3.61. The maximum Gasteiger partial charge on any atom is 0.0453 e. The molecule has 0 amide bonds. The van der Waals surface area contributed by atoms with E-state index in [4.69, 9.17) is 11.6 Å². The van der Waals surface area contributed by atoms with Crippen molar-refractivity contribution in [2.24, 2.45) is 11.8 Å². The summed E-state index contributed by atoms with van der Waals surface area (Å²) in [6.07, 6.45) is 5.53. The first-order valence-electron chi connectivity index (χ1n) is 8.48. The van der Waals surface area contributed by atoms with Crippen molar-refractivity contribution in [1.82, 2.24) is 10.2 Å². The third-order valence-corrected chi connectivity index (χ3v) is 5.61. The molecule has 0 spiro atoms. The molecule has 116 valence electrons. The Labute approximate surface area is 133 Å². The maximum atomic E-state index is 6.37. The summed E-state index contributed by atoms with van der Waals surface area (Å²) in [7, 11) is 0. The highest BCUT2D eigenvalue weighted by Gasteiger charge is 2.35. The minimum Gasteiger partial charge on any atom is -0.310 e. The molecule has 1 heterocycles. The molecule has 2 aliphatic rings. The average molecular weight is 307 g/mol. The number of halogens is 1. The molecular formula is C18H27ClN2. The Morgan fingerprint density at radius 1 is 1.24 bits per heavy atom. The highest BCUT2D eigenvalue weighted by molar-refractivity contribution is 6.31. The number of benzene rings is 1. The molecule has 1 aromatic carbocycles. The van der Waals surface area contributed by atoms with E-state index < -0.39 is 0 Å². The van der Waals surface area contributed by atoms with Crippen LogP contribution in [0, 0.1) is 11.8 Å². The average Bonchev–Trinajstić information content (AvgIpc) is 3.05. The van der Waals surface area contributed by atoms with Crippen LogP contribution in [0.25, 0.3) is 0 Å². The fourth-order valence-electron chi connectivity index (χ4n) is 4.20. The van der Waals surface area contributed by atoms with Gasteiger partial charge in [-0.15, -0.1) is 0 Å². The number of likely N-dealkylation sites (tertiary alicyclic amines) is 1. The van der Waals surface area contributed by atoms with Gasteiger partial charge in [0.05, 0.1) is 0 Å². The van der Waals surface area contributed by atoms with Crippen LogP contribution in [0.1, 0.15) is 44.2 Å². The van der Waals surface area contributed by atoms with E-state index in [1.807, 2.05) is 12.1 Å². The first-order valence-corrected chi connectivity index (χ1v) is 8.86. The zero-order chi connectivity index (χ0) is 14.7. The Morgan fingerprint density at radius 2 is 1.95 bits per heavy atom. The zero-order valence-electron chi connectivity index (χ0n) is 13.0. The van der Waals surface area contributed by atoms with Crippen LogP contribution in [-0.4, -0.2) is 31.1 Å². The lowest BCUT2D eigenvalue weighted by Crippen LogP contribution is -2.29. The van der Waals surface area contributed by atoms with Crippen LogP contribution in [-0.2, 0) is 0 Å². The van der Waals surface area contributed by atoms with Crippen LogP contribution in [0.3, 0.4) is 0 Å². The van der Waals surface area contributed by atoms with Crippen LogP contribution >= 0.6 is 11.6 Å². The van der Waals surface area contributed by atoms with Crippen molar-refractivity contribution >= 4 is 11.6 Å². The Morgan fingerprint density at radius 3 is 2.62 bits per heavy atom. The van der Waals surface area contributed by atoms with Gasteiger partial charge in [0, 0.05) is 24.2 Å². The Bertz CT molecular complexity index is 450. The van der Waals surface area contributed by atoms with Crippen molar-refractivity contribution in [1.29, 1.82) is 0 Å². The van der Waals surface area contributed by atoms with Crippen molar-refractivity contribution in [3.05, 3.63) is 34.9 Å². The molecule has 1 aliphatic heterocycles. The molecule has 1 aromatic rings. The van der Waals surface area contributed by atoms with Gasteiger partial charge in [0.25, 0.3) is 0 Å². The summed E-state index contributed by atoms with van der Waals surface area (Å²) in [6.45, 7) is 7.00. The maximum absolute atomic E-state index is 6.37. The molecule has 1 aliphatic carbocycles. The summed E-state index contributed by atoms with van der Waals surface area (Å²) in [4.78, 5) is 2.68. The minimum absolute atomic E-state index is 0.379. The second kappa shape index (κ2) is 7.13. The summed E-state index contributed by atoms with van der Waals surface area (Å²) in [5.41, 5.74) is 1.25. The topological polar surface area (TPSA) is 15.3 Å². The van der Waals surface area contributed by atoms with Gasteiger partial charge in [0.1, 0.15) is 0 Å². The summed E-state index contributed by atoms with van der Waals surface area (Å²) >= 11 is 6.37. The molecule has 21 heavy (non-hydrogen) atoms. The molecule has 1 saturated heterocycles. The van der Waals surface area contributed by atoms with Gasteiger partial charge in [-0.1, -0.05) is 43.1 Å². The van der Waals surface area contributed by atoms with Crippen molar-refractivity contribution in [2.45, 2.75) is 38.6 Å². The van der Waals surface area contributed by atoms with Crippen LogP contribution in [0.4, 0.5) is 0 Å². The quantitative estimate of drug-likeness (QED) is 0.851. The Kier molecular flexibility index (Phi) is 5.20. The van der Waals surface area contributed by atoms with Crippen molar-refractivity contribution < 1.29 is 0 Å². The summed E-state index contributed by atoms with van der Waals surface area (Å²) in [5.74, 6) is 1.98. The van der Waals surface area contributed by atoms with E-state index in [1.54, 1.807) is 0 Å². The Hall–Kier alpha value is -0.570. The third-order valence-electron chi connectivity index (χ3n) is 5.27. The largest absolute Gasteiger partial charge is 0.310 e. The molecule has 1 N–H and O–H groups in total. The van der Waals surface area contributed by atoms with E-state index in [1.165, 1.54) is 44.5 Å². The standard InChI is InChI=1S/C18H27ClN2/c1-2-20-18(16-8-3-4-9-17(16)19)10-11-21-12-14-6-5-7-15(14)13-21/h3-4,8-9,14-15,18,20H,2,5-7,10-13H2,1H3. The number of hydrogen-bond donors (Lipinski definition) is 1. The second-order valence-electron chi connectivity index (χ2n) is 6.63. The van der Waals surface area contributed by atoms with Crippen LogP contribution in [0.2, 0.25) is 5.02 Å². The lowest BCUT2D eigenvalue weighted by Gasteiger charge is -2.23.